The molecule has 228 valence electrons. The van der Waals surface area contributed by atoms with Crippen molar-refractivity contribution in [3.8, 4) is 17.7 Å². The second-order valence-corrected chi connectivity index (χ2v) is 11.9. The van der Waals surface area contributed by atoms with E-state index in [9.17, 15) is 14.9 Å². The van der Waals surface area contributed by atoms with Crippen molar-refractivity contribution in [3.05, 3.63) is 77.5 Å². The Morgan fingerprint density at radius 2 is 1.91 bits per heavy atom. The van der Waals surface area contributed by atoms with Gasteiger partial charge in [-0.3, -0.25) is 14.3 Å². The Kier molecular flexibility index (Phi) is 7.49. The summed E-state index contributed by atoms with van der Waals surface area (Å²) in [6, 6.07) is 16.4. The van der Waals surface area contributed by atoms with Crippen LogP contribution in [-0.4, -0.2) is 63.4 Å². The molecule has 1 unspecified atom stereocenters. The fourth-order valence-electron chi connectivity index (χ4n) is 5.37. The third-order valence-corrected chi connectivity index (χ3v) is 7.42. The van der Waals surface area contributed by atoms with Crippen molar-refractivity contribution < 1.29 is 14.3 Å². The van der Waals surface area contributed by atoms with Gasteiger partial charge in [-0.15, -0.1) is 5.10 Å². The van der Waals surface area contributed by atoms with Crippen molar-refractivity contribution >= 4 is 34.4 Å². The van der Waals surface area contributed by atoms with Gasteiger partial charge in [0.2, 0.25) is 0 Å². The molecule has 1 amide bonds. The number of benzene rings is 1. The van der Waals surface area contributed by atoms with E-state index < -0.39 is 5.60 Å². The largest absolute Gasteiger partial charge is 0.444 e. The Labute approximate surface area is 259 Å². The van der Waals surface area contributed by atoms with Gasteiger partial charge in [0.05, 0.1) is 28.3 Å². The standard InChI is InChI=1S/C32H32N10O3/c1-19-15-22(17-33)39-42(19)30-23(20(2)43)9-13-29(36-30)41-18-34-25-16-21(8-11-27(25)41)35-28-12-10-24(37-38-28)26-7-6-14-40(26)31(44)45-32(3,4)5/h8-13,15-16,18,26H,6-7,14H2,1-5H3,(H,35,38). The number of nitrogens with zero attached hydrogens (tertiary/aromatic N) is 9. The Morgan fingerprint density at radius 3 is 2.60 bits per heavy atom. The van der Waals surface area contributed by atoms with E-state index in [2.05, 4.69) is 25.6 Å². The van der Waals surface area contributed by atoms with Crippen molar-refractivity contribution in [1.29, 1.82) is 5.26 Å². The van der Waals surface area contributed by atoms with Crippen molar-refractivity contribution in [2.24, 2.45) is 0 Å². The number of carbonyl (C=O) groups excluding carboxylic acids is 2. The van der Waals surface area contributed by atoms with E-state index in [1.165, 1.54) is 11.6 Å². The Morgan fingerprint density at radius 1 is 1.09 bits per heavy atom. The van der Waals surface area contributed by atoms with Gasteiger partial charge in [0.1, 0.15) is 23.8 Å². The number of rotatable bonds is 6. The van der Waals surface area contributed by atoms with E-state index in [0.29, 0.717) is 40.8 Å². The minimum absolute atomic E-state index is 0.164. The molecule has 0 bridgehead atoms. The highest BCUT2D eigenvalue weighted by atomic mass is 16.6. The molecule has 1 fully saturated rings. The molecular formula is C32H32N10O3. The number of Topliss-reactive ketones (excluding diaryl/α,β-unsaturated/α-hetero) is 1. The fourth-order valence-corrected chi connectivity index (χ4v) is 5.37. The fraction of sp³-hybridized carbons (Fsp3) is 0.312. The highest BCUT2D eigenvalue weighted by Gasteiger charge is 2.34. The second-order valence-electron chi connectivity index (χ2n) is 11.9. The maximum atomic E-state index is 12.7. The maximum absolute atomic E-state index is 12.7. The molecule has 5 heterocycles. The van der Waals surface area contributed by atoms with Crippen LogP contribution in [0.1, 0.15) is 74.0 Å². The molecule has 1 aliphatic heterocycles. The van der Waals surface area contributed by atoms with Gasteiger partial charge >= 0.3 is 6.09 Å². The number of nitriles is 1. The molecule has 1 aliphatic rings. The lowest BCUT2D eigenvalue weighted by Crippen LogP contribution is -2.36. The number of pyridine rings is 1. The lowest BCUT2D eigenvalue weighted by atomic mass is 10.1. The summed E-state index contributed by atoms with van der Waals surface area (Å²) < 4.78 is 8.91. The Hall–Kier alpha value is -5.64. The Bertz CT molecular complexity index is 1960. The highest BCUT2D eigenvalue weighted by Crippen LogP contribution is 2.32. The molecule has 0 aliphatic carbocycles. The third kappa shape index (κ3) is 5.95. The van der Waals surface area contributed by atoms with E-state index in [-0.39, 0.29) is 23.6 Å². The van der Waals surface area contributed by atoms with Crippen LogP contribution in [-0.2, 0) is 4.74 Å². The number of aromatic nitrogens is 7. The average molecular weight is 605 g/mol. The number of imidazole rings is 1. The summed E-state index contributed by atoms with van der Waals surface area (Å²) in [6.45, 7) is 9.46. The highest BCUT2D eigenvalue weighted by molar-refractivity contribution is 5.97. The molecule has 13 nitrogen and oxygen atoms in total. The van der Waals surface area contributed by atoms with E-state index in [0.717, 1.165) is 29.7 Å². The van der Waals surface area contributed by atoms with Crippen LogP contribution in [0.4, 0.5) is 16.3 Å². The van der Waals surface area contributed by atoms with Crippen LogP contribution in [0.15, 0.2) is 54.9 Å². The first kappa shape index (κ1) is 29.4. The minimum atomic E-state index is -0.567. The van der Waals surface area contributed by atoms with Crippen molar-refractivity contribution in [1.82, 2.24) is 39.4 Å². The maximum Gasteiger partial charge on any atom is 0.410 e. The summed E-state index contributed by atoms with van der Waals surface area (Å²) in [5.74, 6) is 1.27. The first-order chi connectivity index (χ1) is 21.5. The van der Waals surface area contributed by atoms with E-state index in [4.69, 9.17) is 9.72 Å². The molecule has 1 aromatic carbocycles. The summed E-state index contributed by atoms with van der Waals surface area (Å²) in [5.41, 5.74) is 3.75. The number of hydrogen-bond acceptors (Lipinski definition) is 10. The summed E-state index contributed by atoms with van der Waals surface area (Å²) in [4.78, 5) is 36.2. The van der Waals surface area contributed by atoms with E-state index in [1.54, 1.807) is 36.4 Å². The predicted molar refractivity (Wildman–Crippen MR) is 166 cm³/mol. The first-order valence-corrected chi connectivity index (χ1v) is 14.6. The number of nitrogens with one attached hydrogen (secondary N) is 1. The van der Waals surface area contributed by atoms with Gasteiger partial charge in [-0.05, 0) is 96.0 Å². The molecular weight excluding hydrogens is 572 g/mol. The number of anilines is 2. The van der Waals surface area contributed by atoms with Gasteiger partial charge < -0.3 is 10.1 Å². The van der Waals surface area contributed by atoms with E-state index >= 15 is 0 Å². The van der Waals surface area contributed by atoms with E-state index in [1.807, 2.05) is 61.7 Å². The molecule has 0 saturated carbocycles. The minimum Gasteiger partial charge on any atom is -0.444 e. The zero-order valence-electron chi connectivity index (χ0n) is 25.6. The lowest BCUT2D eigenvalue weighted by Gasteiger charge is -2.28. The van der Waals surface area contributed by atoms with Crippen LogP contribution >= 0.6 is 0 Å². The van der Waals surface area contributed by atoms with Crippen LogP contribution in [0.2, 0.25) is 0 Å². The number of aryl methyl sites for hydroxylation is 1. The monoisotopic (exact) mass is 604 g/mol. The molecule has 0 radical (unpaired) electrons. The Balaban J connectivity index is 1.22. The normalized spacial score (nSPS) is 14.8. The van der Waals surface area contributed by atoms with Crippen LogP contribution in [0, 0.1) is 18.3 Å². The third-order valence-electron chi connectivity index (χ3n) is 7.42. The second kappa shape index (κ2) is 11.5. The molecule has 0 spiro atoms. The van der Waals surface area contributed by atoms with Gasteiger partial charge in [0.25, 0.3) is 0 Å². The quantitative estimate of drug-likeness (QED) is 0.242. The molecule has 1 N–H and O–H groups in total. The average Bonchev–Trinajstić information content (AvgIpc) is 3.74. The zero-order chi connectivity index (χ0) is 31.9. The summed E-state index contributed by atoms with van der Waals surface area (Å²) in [5, 5.41) is 25.7. The van der Waals surface area contributed by atoms with Gasteiger partial charge in [0.15, 0.2) is 23.1 Å². The summed E-state index contributed by atoms with van der Waals surface area (Å²) in [6.07, 6.45) is 3.00. The molecule has 4 aromatic heterocycles. The predicted octanol–water partition coefficient (Wildman–Crippen LogP) is 5.59. The first-order valence-electron chi connectivity index (χ1n) is 14.6. The van der Waals surface area contributed by atoms with Crippen LogP contribution in [0.25, 0.3) is 22.7 Å². The number of amides is 1. The van der Waals surface area contributed by atoms with Crippen LogP contribution in [0.5, 0.6) is 0 Å². The number of carbonyl (C=O) groups is 2. The topological polar surface area (TPSA) is 157 Å². The van der Waals surface area contributed by atoms with Crippen molar-refractivity contribution in [3.63, 3.8) is 0 Å². The molecule has 1 saturated heterocycles. The SMILES string of the molecule is CC(=O)c1ccc(-n2cnc3cc(Nc4ccc(C5CCCN5C(=O)OC(C)(C)C)nn4)ccc32)nc1-n1nc(C#N)cc1C. The number of ketones is 1. The smallest absolute Gasteiger partial charge is 0.410 e. The van der Waals surface area contributed by atoms with Gasteiger partial charge in [-0.25, -0.2) is 19.4 Å². The zero-order valence-corrected chi connectivity index (χ0v) is 25.6. The van der Waals surface area contributed by atoms with Gasteiger partial charge in [-0.2, -0.15) is 15.5 Å². The summed E-state index contributed by atoms with van der Waals surface area (Å²) in [7, 11) is 0. The molecule has 6 rings (SSSR count). The molecule has 45 heavy (non-hydrogen) atoms. The van der Waals surface area contributed by atoms with Crippen molar-refractivity contribution in [2.45, 2.75) is 59.1 Å². The van der Waals surface area contributed by atoms with Gasteiger partial charge in [-0.1, -0.05) is 0 Å². The summed E-state index contributed by atoms with van der Waals surface area (Å²) >= 11 is 0. The van der Waals surface area contributed by atoms with Crippen LogP contribution < -0.4 is 5.32 Å². The number of ether oxygens (including phenoxy) is 1. The molecule has 13 heteroatoms. The number of hydrogen-bond donors (Lipinski definition) is 1. The number of likely N-dealkylation sites (tertiary alicyclic amines) is 1. The van der Waals surface area contributed by atoms with Crippen LogP contribution in [0.3, 0.4) is 0 Å². The molecule has 5 aromatic rings. The van der Waals surface area contributed by atoms with Crippen molar-refractivity contribution in [2.75, 3.05) is 11.9 Å². The number of fused-ring (bicyclic) bond motifs is 1. The molecule has 1 atom stereocenters. The van der Waals surface area contributed by atoms with Gasteiger partial charge in [0, 0.05) is 17.9 Å². The lowest BCUT2D eigenvalue weighted by molar-refractivity contribution is 0.0221.